The second-order valence-corrected chi connectivity index (χ2v) is 6.61. The summed E-state index contributed by atoms with van der Waals surface area (Å²) in [6.07, 6.45) is -0.236. The first-order valence-corrected chi connectivity index (χ1v) is 8.36. The Bertz CT molecular complexity index is 787. The minimum atomic E-state index is -0.533. The summed E-state index contributed by atoms with van der Waals surface area (Å²) in [5.41, 5.74) is 0.549. The second-order valence-electron chi connectivity index (χ2n) is 4.71. The van der Waals surface area contributed by atoms with Crippen LogP contribution in [-0.2, 0) is 22.4 Å². The van der Waals surface area contributed by atoms with Crippen LogP contribution in [0.25, 0.3) is 0 Å². The molecule has 0 aliphatic heterocycles. The lowest BCUT2D eigenvalue weighted by Gasteiger charge is -2.10. The molecule has 6 nitrogen and oxygen atoms in total. The van der Waals surface area contributed by atoms with Gasteiger partial charge in [-0.25, -0.2) is 0 Å². The summed E-state index contributed by atoms with van der Waals surface area (Å²) in [5.74, 6) is -1.07. The van der Waals surface area contributed by atoms with E-state index in [4.69, 9.17) is 56.9 Å². The Morgan fingerprint density at radius 2 is 1.15 bits per heavy atom. The normalized spacial score (nSPS) is 9.31. The van der Waals surface area contributed by atoms with E-state index in [0.29, 0.717) is 11.1 Å². The molecule has 0 aromatic heterocycles. The van der Waals surface area contributed by atoms with Gasteiger partial charge in [-0.2, -0.15) is 10.5 Å². The van der Waals surface area contributed by atoms with Gasteiger partial charge in [-0.15, -0.1) is 0 Å². The first-order valence-electron chi connectivity index (χ1n) is 6.85. The van der Waals surface area contributed by atoms with Gasteiger partial charge in [0.2, 0.25) is 11.8 Å². The van der Waals surface area contributed by atoms with Crippen molar-refractivity contribution in [3.05, 3.63) is 55.8 Å². The van der Waals surface area contributed by atoms with E-state index in [1.54, 1.807) is 36.4 Å². The van der Waals surface area contributed by atoms with Crippen molar-refractivity contribution in [3.63, 3.8) is 0 Å². The second kappa shape index (κ2) is 10.7. The molecule has 2 amide bonds. The Balaban J connectivity index is 2.89. The van der Waals surface area contributed by atoms with Gasteiger partial charge in [0.25, 0.3) is 0 Å². The highest BCUT2D eigenvalue weighted by Gasteiger charge is 2.14. The van der Waals surface area contributed by atoms with E-state index in [1.807, 2.05) is 0 Å². The largest absolute Gasteiger partial charge is 0.315 e. The summed E-state index contributed by atoms with van der Waals surface area (Å²) < 4.78 is -0.718. The molecule has 0 radical (unpaired) electrons. The summed E-state index contributed by atoms with van der Waals surface area (Å²) in [4.78, 5) is 24.1. The number of amides is 2. The molecule has 1 aromatic carbocycles. The Morgan fingerprint density at radius 3 is 1.42 bits per heavy atom. The maximum Gasteiger partial charge on any atom is 0.229 e. The lowest BCUT2D eigenvalue weighted by atomic mass is 10.0. The lowest BCUT2D eigenvalue weighted by Crippen LogP contribution is -2.27. The smallest absolute Gasteiger partial charge is 0.229 e. The van der Waals surface area contributed by atoms with Crippen LogP contribution in [0.1, 0.15) is 11.1 Å². The van der Waals surface area contributed by atoms with E-state index >= 15 is 0 Å². The summed E-state index contributed by atoms with van der Waals surface area (Å²) in [5, 5.41) is 22.2. The van der Waals surface area contributed by atoms with Crippen LogP contribution in [0.15, 0.2) is 44.6 Å². The molecular formula is C16H10Cl4N4O2. The van der Waals surface area contributed by atoms with Crippen LogP contribution in [0.3, 0.4) is 0 Å². The van der Waals surface area contributed by atoms with Crippen molar-refractivity contribution < 1.29 is 9.59 Å². The fourth-order valence-electron chi connectivity index (χ4n) is 1.85. The molecule has 26 heavy (non-hydrogen) atoms. The Hall–Kier alpha value is -2.22. The zero-order valence-electron chi connectivity index (χ0n) is 12.9. The monoisotopic (exact) mass is 430 g/mol. The van der Waals surface area contributed by atoms with Crippen molar-refractivity contribution in [3.8, 4) is 12.1 Å². The molecule has 0 heterocycles. The topological polar surface area (TPSA) is 106 Å². The van der Waals surface area contributed by atoms with Crippen LogP contribution < -0.4 is 10.6 Å². The maximum absolute atomic E-state index is 12.0. The molecule has 0 spiro atoms. The summed E-state index contributed by atoms with van der Waals surface area (Å²) in [6.45, 7) is 0. The predicted molar refractivity (Wildman–Crippen MR) is 98.8 cm³/mol. The molecule has 1 rings (SSSR count). The highest BCUT2D eigenvalue weighted by atomic mass is 35.5. The van der Waals surface area contributed by atoms with Gasteiger partial charge in [-0.3, -0.25) is 9.59 Å². The Labute approximate surface area is 169 Å². The molecule has 0 saturated carbocycles. The maximum atomic E-state index is 12.0. The SMILES string of the molecule is N#CC(NC(=O)Cc1ccccc1CC(=O)NC(C#N)=C(Cl)Cl)=C(Cl)Cl. The van der Waals surface area contributed by atoms with Crippen molar-refractivity contribution in [2.24, 2.45) is 0 Å². The van der Waals surface area contributed by atoms with Gasteiger partial charge in [-0.05, 0) is 11.1 Å². The third kappa shape index (κ3) is 6.95. The number of nitrogens with zero attached hydrogens (tertiary/aromatic N) is 2. The minimum absolute atomic E-state index is 0.118. The number of nitrogens with one attached hydrogen (secondary N) is 2. The molecule has 134 valence electrons. The van der Waals surface area contributed by atoms with Crippen LogP contribution in [0.4, 0.5) is 0 Å². The number of rotatable bonds is 6. The van der Waals surface area contributed by atoms with Gasteiger partial charge in [-0.1, -0.05) is 70.7 Å². The molecule has 1 aromatic rings. The third-order valence-electron chi connectivity index (χ3n) is 2.95. The van der Waals surface area contributed by atoms with Crippen LogP contribution >= 0.6 is 46.4 Å². The molecular weight excluding hydrogens is 422 g/mol. The summed E-state index contributed by atoms with van der Waals surface area (Å²) >= 11 is 21.9. The molecule has 10 heteroatoms. The van der Waals surface area contributed by atoms with Gasteiger partial charge in [0.15, 0.2) is 11.4 Å². The van der Waals surface area contributed by atoms with E-state index in [2.05, 4.69) is 10.6 Å². The zero-order chi connectivity index (χ0) is 19.7. The summed E-state index contributed by atoms with van der Waals surface area (Å²) in [7, 11) is 0. The molecule has 0 bridgehead atoms. The minimum Gasteiger partial charge on any atom is -0.315 e. The first kappa shape index (κ1) is 21.8. The number of allylic oxidation sites excluding steroid dienone is 2. The number of carbonyl (C=O) groups is 2. The highest BCUT2D eigenvalue weighted by molar-refractivity contribution is 6.56. The quantitative estimate of drug-likeness (QED) is 0.673. The van der Waals surface area contributed by atoms with E-state index in [-0.39, 0.29) is 33.2 Å². The molecule has 0 saturated heterocycles. The van der Waals surface area contributed by atoms with Crippen molar-refractivity contribution >= 4 is 58.2 Å². The number of benzene rings is 1. The van der Waals surface area contributed by atoms with Gasteiger partial charge in [0.1, 0.15) is 21.1 Å². The number of halogens is 4. The van der Waals surface area contributed by atoms with E-state index in [0.717, 1.165) is 0 Å². The van der Waals surface area contributed by atoms with Gasteiger partial charge >= 0.3 is 0 Å². The Kier molecular flexibility index (Phi) is 8.98. The number of carbonyl (C=O) groups excluding carboxylic acids is 2. The van der Waals surface area contributed by atoms with Gasteiger partial charge in [0.05, 0.1) is 12.8 Å². The standard InChI is InChI=1S/C16H10Cl4N4O2/c17-15(18)11(7-21)23-13(25)5-9-3-1-2-4-10(9)6-14(26)24-12(8-22)16(19)20/h1-4H,5-6H2,(H,23,25)(H,24,26). The molecule has 2 N–H and O–H groups in total. The number of hydrogen-bond donors (Lipinski definition) is 2. The molecule has 0 unspecified atom stereocenters. The zero-order valence-corrected chi connectivity index (χ0v) is 16.0. The predicted octanol–water partition coefficient (Wildman–Crippen LogP) is 3.34. The average molecular weight is 432 g/mol. The Morgan fingerprint density at radius 1 is 0.808 bits per heavy atom. The van der Waals surface area contributed by atoms with Crippen LogP contribution in [0.2, 0.25) is 0 Å². The summed E-state index contributed by atoms with van der Waals surface area (Å²) in [6, 6.07) is 10.0. The molecule has 0 aliphatic carbocycles. The van der Waals surface area contributed by atoms with E-state index < -0.39 is 11.8 Å². The first-order chi connectivity index (χ1) is 12.3. The van der Waals surface area contributed by atoms with Crippen molar-refractivity contribution in [1.29, 1.82) is 10.5 Å². The van der Waals surface area contributed by atoms with Crippen LogP contribution in [0, 0.1) is 22.7 Å². The van der Waals surface area contributed by atoms with Crippen molar-refractivity contribution in [2.45, 2.75) is 12.8 Å². The number of nitriles is 2. The molecule has 0 atom stereocenters. The highest BCUT2D eigenvalue weighted by Crippen LogP contribution is 2.15. The molecule has 0 aliphatic rings. The molecule has 0 fully saturated rings. The lowest BCUT2D eigenvalue weighted by molar-refractivity contribution is -0.120. The van der Waals surface area contributed by atoms with E-state index in [9.17, 15) is 9.59 Å². The fourth-order valence-corrected chi connectivity index (χ4v) is 2.21. The van der Waals surface area contributed by atoms with Crippen molar-refractivity contribution in [2.75, 3.05) is 0 Å². The third-order valence-corrected chi connectivity index (χ3v) is 3.71. The number of hydrogen-bond acceptors (Lipinski definition) is 4. The fraction of sp³-hybridized carbons (Fsp3) is 0.125. The van der Waals surface area contributed by atoms with E-state index in [1.165, 1.54) is 0 Å². The van der Waals surface area contributed by atoms with Gasteiger partial charge in [0, 0.05) is 0 Å². The average Bonchev–Trinajstić information content (AvgIpc) is 2.58. The van der Waals surface area contributed by atoms with Crippen LogP contribution in [0.5, 0.6) is 0 Å². The van der Waals surface area contributed by atoms with Gasteiger partial charge < -0.3 is 10.6 Å². The van der Waals surface area contributed by atoms with Crippen LogP contribution in [-0.4, -0.2) is 11.8 Å². The van der Waals surface area contributed by atoms with Crippen molar-refractivity contribution in [1.82, 2.24) is 10.6 Å².